The standard InChI is InChI=1S/C10H15NO/c1-4-5-11-7-8(2)10(12)6-9(11)3/h1,8-9H,5-7H2,2-3H3. The summed E-state index contributed by atoms with van der Waals surface area (Å²) in [6.45, 7) is 5.52. The van der Waals surface area contributed by atoms with Crippen molar-refractivity contribution in [2.24, 2.45) is 5.92 Å². The average Bonchev–Trinajstić information content (AvgIpc) is 2.01. The highest BCUT2D eigenvalue weighted by Gasteiger charge is 2.28. The normalized spacial score (nSPS) is 31.6. The summed E-state index contributed by atoms with van der Waals surface area (Å²) in [5.74, 6) is 3.15. The fourth-order valence-electron chi connectivity index (χ4n) is 1.59. The lowest BCUT2D eigenvalue weighted by molar-refractivity contribution is -0.127. The van der Waals surface area contributed by atoms with Crippen LogP contribution >= 0.6 is 0 Å². The van der Waals surface area contributed by atoms with Crippen LogP contribution in [0.2, 0.25) is 0 Å². The Kier molecular flexibility index (Phi) is 2.88. The lowest BCUT2D eigenvalue weighted by atomic mass is 9.94. The molecule has 1 aliphatic rings. The number of likely N-dealkylation sites (tertiary alicyclic amines) is 1. The van der Waals surface area contributed by atoms with Crippen molar-refractivity contribution in [3.8, 4) is 12.3 Å². The highest BCUT2D eigenvalue weighted by molar-refractivity contribution is 5.82. The maximum atomic E-state index is 11.3. The Hall–Kier alpha value is -0.810. The SMILES string of the molecule is C#CCN1CC(C)C(=O)CC1C. The molecule has 1 aliphatic heterocycles. The van der Waals surface area contributed by atoms with E-state index < -0.39 is 0 Å². The monoisotopic (exact) mass is 165 g/mol. The van der Waals surface area contributed by atoms with Gasteiger partial charge in [0.05, 0.1) is 6.54 Å². The number of Topliss-reactive ketones (excluding diaryl/α,β-unsaturated/α-hetero) is 1. The molecule has 1 fully saturated rings. The number of rotatable bonds is 1. The van der Waals surface area contributed by atoms with E-state index >= 15 is 0 Å². The minimum Gasteiger partial charge on any atom is -0.299 e. The van der Waals surface area contributed by atoms with Crippen molar-refractivity contribution in [1.82, 2.24) is 4.90 Å². The van der Waals surface area contributed by atoms with Gasteiger partial charge in [0.2, 0.25) is 0 Å². The van der Waals surface area contributed by atoms with Crippen LogP contribution in [0.1, 0.15) is 20.3 Å². The molecule has 0 aromatic rings. The summed E-state index contributed by atoms with van der Waals surface area (Å²) in [6.07, 6.45) is 5.88. The van der Waals surface area contributed by atoms with Crippen LogP contribution < -0.4 is 0 Å². The zero-order valence-corrected chi connectivity index (χ0v) is 7.71. The van der Waals surface area contributed by atoms with Crippen molar-refractivity contribution in [3.63, 3.8) is 0 Å². The Morgan fingerprint density at radius 1 is 1.67 bits per heavy atom. The topological polar surface area (TPSA) is 20.3 Å². The largest absolute Gasteiger partial charge is 0.299 e. The summed E-state index contributed by atoms with van der Waals surface area (Å²) < 4.78 is 0. The van der Waals surface area contributed by atoms with E-state index in [1.54, 1.807) is 0 Å². The van der Waals surface area contributed by atoms with Crippen LogP contribution in [0.4, 0.5) is 0 Å². The Labute approximate surface area is 73.9 Å². The molecule has 2 heteroatoms. The quantitative estimate of drug-likeness (QED) is 0.538. The smallest absolute Gasteiger partial charge is 0.138 e. The molecular weight excluding hydrogens is 150 g/mol. The molecular formula is C10H15NO. The lowest BCUT2D eigenvalue weighted by Gasteiger charge is -2.34. The van der Waals surface area contributed by atoms with Crippen LogP contribution in [0.3, 0.4) is 0 Å². The van der Waals surface area contributed by atoms with Gasteiger partial charge in [0.15, 0.2) is 0 Å². The molecule has 0 radical (unpaired) electrons. The summed E-state index contributed by atoms with van der Waals surface area (Å²) in [4.78, 5) is 13.5. The van der Waals surface area contributed by atoms with Crippen LogP contribution in [-0.2, 0) is 4.79 Å². The molecule has 66 valence electrons. The second kappa shape index (κ2) is 3.73. The number of ketones is 1. The van der Waals surface area contributed by atoms with E-state index in [9.17, 15) is 4.79 Å². The molecule has 0 bridgehead atoms. The number of carbonyl (C=O) groups is 1. The highest BCUT2D eigenvalue weighted by atomic mass is 16.1. The lowest BCUT2D eigenvalue weighted by Crippen LogP contribution is -2.45. The van der Waals surface area contributed by atoms with Gasteiger partial charge in [-0.3, -0.25) is 9.69 Å². The summed E-state index contributed by atoms with van der Waals surface area (Å²) in [6, 6.07) is 0.324. The fourth-order valence-corrected chi connectivity index (χ4v) is 1.59. The third-order valence-corrected chi connectivity index (χ3v) is 2.47. The van der Waals surface area contributed by atoms with Gasteiger partial charge in [-0.1, -0.05) is 12.8 Å². The average molecular weight is 165 g/mol. The summed E-state index contributed by atoms with van der Waals surface area (Å²) in [7, 11) is 0. The van der Waals surface area contributed by atoms with Gasteiger partial charge in [0, 0.05) is 24.9 Å². The molecule has 0 aromatic heterocycles. The Morgan fingerprint density at radius 3 is 2.92 bits per heavy atom. The second-order valence-corrected chi connectivity index (χ2v) is 3.55. The molecule has 2 atom stereocenters. The maximum Gasteiger partial charge on any atom is 0.138 e. The Bertz CT molecular complexity index is 216. The van der Waals surface area contributed by atoms with E-state index in [-0.39, 0.29) is 5.92 Å². The molecule has 0 aromatic carbocycles. The van der Waals surface area contributed by atoms with Crippen molar-refractivity contribution in [2.75, 3.05) is 13.1 Å². The third-order valence-electron chi connectivity index (χ3n) is 2.47. The number of nitrogens with zero attached hydrogens (tertiary/aromatic N) is 1. The zero-order chi connectivity index (χ0) is 9.14. The fraction of sp³-hybridized carbons (Fsp3) is 0.700. The van der Waals surface area contributed by atoms with E-state index in [1.165, 1.54) is 0 Å². The van der Waals surface area contributed by atoms with Gasteiger partial charge in [-0.05, 0) is 6.92 Å². The number of piperidine rings is 1. The first kappa shape index (κ1) is 9.28. The third kappa shape index (κ3) is 1.86. The van der Waals surface area contributed by atoms with Gasteiger partial charge in [-0.15, -0.1) is 6.42 Å². The predicted octanol–water partition coefficient (Wildman–Crippen LogP) is 0.919. The van der Waals surface area contributed by atoms with Crippen molar-refractivity contribution < 1.29 is 4.79 Å². The van der Waals surface area contributed by atoms with E-state index in [0.717, 1.165) is 6.54 Å². The Balaban J connectivity index is 2.56. The molecule has 12 heavy (non-hydrogen) atoms. The summed E-state index contributed by atoms with van der Waals surface area (Å²) >= 11 is 0. The van der Waals surface area contributed by atoms with E-state index in [2.05, 4.69) is 17.7 Å². The predicted molar refractivity (Wildman–Crippen MR) is 48.7 cm³/mol. The van der Waals surface area contributed by atoms with Crippen LogP contribution in [0.15, 0.2) is 0 Å². The molecule has 2 nitrogen and oxygen atoms in total. The van der Waals surface area contributed by atoms with Gasteiger partial charge in [0.25, 0.3) is 0 Å². The summed E-state index contributed by atoms with van der Waals surface area (Å²) in [5.41, 5.74) is 0. The zero-order valence-electron chi connectivity index (χ0n) is 7.71. The summed E-state index contributed by atoms with van der Waals surface area (Å²) in [5, 5.41) is 0. The molecule has 0 amide bonds. The van der Waals surface area contributed by atoms with Crippen LogP contribution in [-0.4, -0.2) is 29.8 Å². The minimum absolute atomic E-state index is 0.162. The van der Waals surface area contributed by atoms with Crippen molar-refractivity contribution in [2.45, 2.75) is 26.3 Å². The number of hydrogen-bond donors (Lipinski definition) is 0. The first-order chi connectivity index (χ1) is 5.65. The van der Waals surface area contributed by atoms with E-state index in [4.69, 9.17) is 6.42 Å². The first-order valence-electron chi connectivity index (χ1n) is 4.35. The molecule has 1 rings (SSSR count). The number of hydrogen-bond acceptors (Lipinski definition) is 2. The highest BCUT2D eigenvalue weighted by Crippen LogP contribution is 2.17. The van der Waals surface area contributed by atoms with Crippen molar-refractivity contribution >= 4 is 5.78 Å². The molecule has 2 unspecified atom stereocenters. The van der Waals surface area contributed by atoms with Gasteiger partial charge >= 0.3 is 0 Å². The first-order valence-corrected chi connectivity index (χ1v) is 4.35. The maximum absolute atomic E-state index is 11.3. The van der Waals surface area contributed by atoms with E-state index in [1.807, 2.05) is 6.92 Å². The van der Waals surface area contributed by atoms with E-state index in [0.29, 0.717) is 24.8 Å². The minimum atomic E-state index is 0.162. The van der Waals surface area contributed by atoms with Gasteiger partial charge in [-0.25, -0.2) is 0 Å². The van der Waals surface area contributed by atoms with Gasteiger partial charge in [0.1, 0.15) is 5.78 Å². The molecule has 0 N–H and O–H groups in total. The van der Waals surface area contributed by atoms with Crippen LogP contribution in [0.25, 0.3) is 0 Å². The van der Waals surface area contributed by atoms with Gasteiger partial charge in [-0.2, -0.15) is 0 Å². The second-order valence-electron chi connectivity index (χ2n) is 3.55. The van der Waals surface area contributed by atoms with Crippen molar-refractivity contribution in [3.05, 3.63) is 0 Å². The Morgan fingerprint density at radius 2 is 2.33 bits per heavy atom. The number of carbonyl (C=O) groups excluding carboxylic acids is 1. The molecule has 1 saturated heterocycles. The van der Waals surface area contributed by atoms with Crippen LogP contribution in [0.5, 0.6) is 0 Å². The molecule has 0 spiro atoms. The molecule has 0 saturated carbocycles. The van der Waals surface area contributed by atoms with Gasteiger partial charge < -0.3 is 0 Å². The molecule has 0 aliphatic carbocycles. The molecule has 1 heterocycles. The number of terminal acetylenes is 1. The van der Waals surface area contributed by atoms with Crippen molar-refractivity contribution in [1.29, 1.82) is 0 Å². The van der Waals surface area contributed by atoms with Crippen LogP contribution in [0, 0.1) is 18.3 Å².